The molecule has 12 N–H and O–H groups in total. The Morgan fingerprint density at radius 3 is 1.01 bits per heavy atom. The van der Waals surface area contributed by atoms with Crippen molar-refractivity contribution in [1.82, 2.24) is 124 Å². The maximum absolute atomic E-state index is 12.8. The van der Waals surface area contributed by atoms with Gasteiger partial charge in [0.1, 0.15) is 67.8 Å². The summed E-state index contributed by atoms with van der Waals surface area (Å²) in [5, 5.41) is 46.8. The molecule has 139 heavy (non-hydrogen) atoms. The lowest BCUT2D eigenvalue weighted by Crippen LogP contribution is -2.40. The van der Waals surface area contributed by atoms with Crippen molar-refractivity contribution in [2.75, 3.05) is 75.3 Å². The minimum Gasteiger partial charge on any atom is -0.439 e. The third kappa shape index (κ3) is 20.0. The van der Waals surface area contributed by atoms with Crippen LogP contribution in [0.2, 0.25) is 0 Å². The zero-order chi connectivity index (χ0) is 97.2. The first-order valence-corrected chi connectivity index (χ1v) is 44.8. The molecule has 0 bridgehead atoms. The molecule has 4 aliphatic rings. The van der Waals surface area contributed by atoms with Crippen LogP contribution in [0.25, 0.3) is 88.6 Å². The molecule has 4 saturated heterocycles. The molecule has 12 aromatic heterocycles. The highest BCUT2D eigenvalue weighted by Crippen LogP contribution is 2.41. The van der Waals surface area contributed by atoms with Crippen molar-refractivity contribution in [3.63, 3.8) is 0 Å². The molecule has 0 saturated carbocycles. The van der Waals surface area contributed by atoms with Crippen molar-refractivity contribution < 1.29 is 38.1 Å². The van der Waals surface area contributed by atoms with E-state index in [0.29, 0.717) is 159 Å². The van der Waals surface area contributed by atoms with Crippen LogP contribution in [0, 0.1) is 20.8 Å². The number of carbonyl (C=O) groups excluding carboxylic acids is 4. The van der Waals surface area contributed by atoms with Gasteiger partial charge >= 0.3 is 6.01 Å². The van der Waals surface area contributed by atoms with Gasteiger partial charge in [-0.05, 0) is 217 Å². The summed E-state index contributed by atoms with van der Waals surface area (Å²) < 4.78 is 30.0. The number of pyridine rings is 3. The van der Waals surface area contributed by atoms with Gasteiger partial charge in [-0.15, -0.1) is 0 Å². The van der Waals surface area contributed by atoms with Crippen LogP contribution in [0.5, 0.6) is 46.6 Å². The van der Waals surface area contributed by atoms with Crippen molar-refractivity contribution in [2.24, 2.45) is 0 Å². The second kappa shape index (κ2) is 40.9. The van der Waals surface area contributed by atoms with Crippen LogP contribution in [0.15, 0.2) is 240 Å². The van der Waals surface area contributed by atoms with E-state index >= 15 is 0 Å². The molecule has 16 heterocycles. The number of hydrogen-bond acceptors (Lipinski definition) is 29. The number of nitrogens with one attached hydrogen (secondary N) is 4. The maximum atomic E-state index is 12.8. The quantitative estimate of drug-likeness (QED) is 0.0329. The number of aromatic nitrogens is 21. The summed E-state index contributed by atoms with van der Waals surface area (Å²) in [5.74, 6) is 4.08. The van der Waals surface area contributed by atoms with Crippen molar-refractivity contribution in [1.29, 1.82) is 0 Å². The molecule has 4 aromatic carbocycles. The Hall–Kier alpha value is -17.9. The number of piperidine rings is 4. The molecule has 0 spiro atoms. The van der Waals surface area contributed by atoms with Crippen molar-refractivity contribution in [3.8, 4) is 91.7 Å². The smallest absolute Gasteiger partial charge is 0.321 e. The van der Waals surface area contributed by atoms with Gasteiger partial charge in [0.15, 0.2) is 23.3 Å². The molecule has 4 aliphatic heterocycles. The molecule has 0 unspecified atom stereocenters. The van der Waals surface area contributed by atoms with Gasteiger partial charge in [0, 0.05) is 123 Å². The molecule has 20 rings (SSSR count). The van der Waals surface area contributed by atoms with Crippen LogP contribution in [0.3, 0.4) is 0 Å². The molecule has 41 nitrogen and oxygen atoms in total. The summed E-state index contributed by atoms with van der Waals surface area (Å²) in [5.41, 5.74) is 32.6. The highest BCUT2D eigenvalue weighted by Gasteiger charge is 2.35. The molecular formula is C98H97N29O12. The summed E-state index contributed by atoms with van der Waals surface area (Å²) in [7, 11) is 0. The SMILES string of the molecule is C=CC(=O)N1CCC[C@@H](n2nc(-c3ccc(Oc4ccc(C)cn4)cc3)c3c(N)n[nH]c(=O)c32)C1.C=CC(=O)N1CCC[C@@H](n2nc(-c3ccc(Oc4cccc(C)n4)cc3)c3c(N)n[nH]c(=O)c32)C1.C=CC(=O)N1CCC[C@@H](n2nc(-c3ccc(Oc4ncccc4C)cc3)c3c(N)n[nH]c(=O)c32)C1.C=CC(=O)N1CCC[C@@H](n2nc(-c3ccc(Oc4ncccn4)cc3)c3c(N)n[nH]c(=O)c32)C1. The number of hydrogen-bond donors (Lipinski definition) is 8. The van der Waals surface area contributed by atoms with Crippen molar-refractivity contribution in [3.05, 3.63) is 279 Å². The number of nitrogen functional groups attached to an aromatic ring is 4. The molecule has 706 valence electrons. The van der Waals surface area contributed by atoms with E-state index in [0.717, 1.165) is 90.4 Å². The Morgan fingerprint density at radius 2 is 0.691 bits per heavy atom. The summed E-state index contributed by atoms with van der Waals surface area (Å²) in [6.07, 6.45) is 18.1. The zero-order valence-corrected chi connectivity index (χ0v) is 76.0. The van der Waals surface area contributed by atoms with Crippen molar-refractivity contribution in [2.45, 2.75) is 96.3 Å². The Bertz CT molecular complexity index is 7600. The van der Waals surface area contributed by atoms with Gasteiger partial charge < -0.3 is 61.5 Å². The molecule has 0 radical (unpaired) electrons. The highest BCUT2D eigenvalue weighted by atomic mass is 16.5. The fourth-order valence-electron chi connectivity index (χ4n) is 17.4. The number of amides is 4. The number of nitrogens with zero attached hydrogens (tertiary/aromatic N) is 21. The predicted octanol–water partition coefficient (Wildman–Crippen LogP) is 11.9. The number of rotatable bonds is 20. The van der Waals surface area contributed by atoms with Crippen LogP contribution in [-0.4, -0.2) is 200 Å². The largest absolute Gasteiger partial charge is 0.439 e. The number of H-pyrrole nitrogens is 4. The normalized spacial score (nSPS) is 15.8. The zero-order valence-electron chi connectivity index (χ0n) is 76.0. The number of nitrogens with two attached hydrogens (primary N) is 4. The number of carbonyl (C=O) groups is 4. The Balaban J connectivity index is 0.000000128. The lowest BCUT2D eigenvalue weighted by molar-refractivity contribution is -0.128. The number of aryl methyl sites for hydroxylation is 3. The van der Waals surface area contributed by atoms with Gasteiger partial charge in [-0.3, -0.25) is 57.1 Å². The number of fused-ring (bicyclic) bond motifs is 4. The monoisotopic (exact) mass is 1870 g/mol. The molecule has 4 atom stereocenters. The van der Waals surface area contributed by atoms with Gasteiger partial charge in [0.05, 0.1) is 45.7 Å². The summed E-state index contributed by atoms with van der Waals surface area (Å²) in [6.45, 7) is 24.4. The van der Waals surface area contributed by atoms with E-state index in [1.807, 2.05) is 142 Å². The number of aromatic amines is 4. The summed E-state index contributed by atoms with van der Waals surface area (Å²) in [4.78, 5) is 128. The maximum Gasteiger partial charge on any atom is 0.321 e. The average Bonchev–Trinajstić information content (AvgIpc) is 1.61. The predicted molar refractivity (Wildman–Crippen MR) is 521 cm³/mol. The number of benzene rings is 4. The van der Waals surface area contributed by atoms with E-state index in [1.165, 1.54) is 24.3 Å². The molecule has 4 fully saturated rings. The van der Waals surface area contributed by atoms with Gasteiger partial charge in [0.2, 0.25) is 41.3 Å². The minimum absolute atomic E-state index is 0.139. The lowest BCUT2D eigenvalue weighted by Gasteiger charge is -2.32. The van der Waals surface area contributed by atoms with Gasteiger partial charge in [-0.1, -0.05) is 44.5 Å². The Morgan fingerprint density at radius 1 is 0.367 bits per heavy atom. The van der Waals surface area contributed by atoms with E-state index in [1.54, 1.807) is 87.4 Å². The van der Waals surface area contributed by atoms with Crippen LogP contribution >= 0.6 is 0 Å². The number of likely N-dealkylation sites (tertiary alicyclic amines) is 4. The molecule has 41 heteroatoms. The summed E-state index contributed by atoms with van der Waals surface area (Å²) in [6, 6.07) is 43.5. The van der Waals surface area contributed by atoms with E-state index < -0.39 is 5.56 Å². The number of anilines is 4. The van der Waals surface area contributed by atoms with Gasteiger partial charge in [0.25, 0.3) is 22.2 Å². The standard InChI is InChI=1S/3C25H25N7O3.C23H22N8O3/c1-3-19(33)31-13-5-7-17(14-31)32-22-20(23(26)28-29-24(22)34)21(30-32)16-8-10-18(11-9-16)35-25-15(2)6-4-12-27-25;1-3-20(33)31-13-5-7-17(14-31)32-23-21(24(26)28-29-25(23)34)22(30-32)16-9-11-18(12-10-16)35-19-8-4-6-15(2)27-19;1-3-20(33)31-12-4-5-17(14-31)32-23-21(24(26)28-29-25(23)34)22(30-32)16-7-9-18(10-8-16)35-19-11-6-15(2)13-27-19;1-2-17(32)30-12-3-5-15(13-30)31-20-18(21(24)27-28-22(20)33)19(29-31)14-6-8-16(9-7-14)34-23-25-10-4-11-26-23/h2*3-4,6,8-12,17H,1,5,7,13-14H2,2H3,(H2,26,28)(H,29,34);3,6-11,13,17H,1,4-5,12,14H2,2H3,(H2,26,28)(H,29,34);2,4,6-11,15H,1,3,5,12-13H2,(H2,24,27)(H,28,33)/t3*17-;15-/m1111/s1. The van der Waals surface area contributed by atoms with E-state index in [-0.39, 0.29) is 93.8 Å². The third-order valence-electron chi connectivity index (χ3n) is 24.2. The topological polar surface area (TPSA) is 541 Å². The van der Waals surface area contributed by atoms with E-state index in [9.17, 15) is 38.4 Å². The van der Waals surface area contributed by atoms with Gasteiger partial charge in [-0.25, -0.2) is 45.3 Å². The number of ether oxygens (including phenoxy) is 4. The second-order valence-corrected chi connectivity index (χ2v) is 33.4. The molecule has 4 amide bonds. The second-order valence-electron chi connectivity index (χ2n) is 33.4. The first kappa shape index (κ1) is 92.9. The van der Waals surface area contributed by atoms with Gasteiger partial charge in [-0.2, -0.15) is 40.8 Å². The first-order chi connectivity index (χ1) is 67.4. The molecule has 0 aliphatic carbocycles. The Labute approximate surface area is 791 Å². The first-order valence-electron chi connectivity index (χ1n) is 44.8. The molecular weight excluding hydrogens is 1780 g/mol. The van der Waals surface area contributed by atoms with E-state index in [2.05, 4.69) is 92.0 Å². The molecule has 16 aromatic rings. The third-order valence-corrected chi connectivity index (χ3v) is 24.2. The Kier molecular flexibility index (Phi) is 27.3. The van der Waals surface area contributed by atoms with Crippen LogP contribution in [0.4, 0.5) is 23.3 Å². The van der Waals surface area contributed by atoms with Crippen LogP contribution in [0.1, 0.15) is 92.4 Å². The average molecular weight is 1870 g/mol. The fourth-order valence-corrected chi connectivity index (χ4v) is 17.4. The highest BCUT2D eigenvalue weighted by molar-refractivity contribution is 6.03. The van der Waals surface area contributed by atoms with Crippen LogP contribution < -0.4 is 64.1 Å². The summed E-state index contributed by atoms with van der Waals surface area (Å²) >= 11 is 0. The fraction of sp³-hybridized carbons (Fsp3) is 0.235. The lowest BCUT2D eigenvalue weighted by atomic mass is 10.1. The van der Waals surface area contributed by atoms with E-state index in [4.69, 9.17) is 62.3 Å². The van der Waals surface area contributed by atoms with Crippen LogP contribution in [-0.2, 0) is 19.2 Å². The van der Waals surface area contributed by atoms with Crippen molar-refractivity contribution >= 4 is 90.5 Å². The minimum atomic E-state index is -0.392.